The van der Waals surface area contributed by atoms with Crippen molar-refractivity contribution in [2.45, 2.75) is 20.0 Å². The number of nitrogens with zero attached hydrogens (tertiary/aromatic N) is 4. The fraction of sp³-hybridized carbons (Fsp3) is 0.130. The molecule has 2 aromatic heterocycles. The van der Waals surface area contributed by atoms with Gasteiger partial charge in [-0.2, -0.15) is 5.10 Å². The lowest BCUT2D eigenvalue weighted by Gasteiger charge is -2.18. The number of halogens is 1. The quantitative estimate of drug-likeness (QED) is 0.449. The van der Waals surface area contributed by atoms with E-state index in [2.05, 4.69) is 51.7 Å². The van der Waals surface area contributed by atoms with E-state index >= 15 is 0 Å². The van der Waals surface area contributed by atoms with Crippen LogP contribution in [0, 0.1) is 6.92 Å². The molecule has 3 heterocycles. The number of hydrogen-bond acceptors (Lipinski definition) is 2. The summed E-state index contributed by atoms with van der Waals surface area (Å²) in [6, 6.07) is 19.9. The number of hydrogen-bond donors (Lipinski definition) is 0. The zero-order valence-corrected chi connectivity index (χ0v) is 17.5. The number of carbonyl (C=O) groups is 1. The molecule has 0 aliphatic carbocycles. The maximum atomic E-state index is 13.1. The highest BCUT2D eigenvalue weighted by atomic mass is 79.9. The minimum atomic E-state index is 0.0100. The summed E-state index contributed by atoms with van der Waals surface area (Å²) in [7, 11) is 0. The van der Waals surface area contributed by atoms with Crippen molar-refractivity contribution in [1.29, 1.82) is 0 Å². The third-order valence-corrected chi connectivity index (χ3v) is 5.94. The molecule has 5 rings (SSSR count). The summed E-state index contributed by atoms with van der Waals surface area (Å²) < 4.78 is 4.85. The molecule has 1 aliphatic heterocycles. The molecular weight excluding hydrogens is 428 g/mol. The molecule has 144 valence electrons. The summed E-state index contributed by atoms with van der Waals surface area (Å²) >= 11 is 3.49. The fourth-order valence-corrected chi connectivity index (χ4v) is 4.21. The van der Waals surface area contributed by atoms with Gasteiger partial charge in [0.05, 0.1) is 30.0 Å². The zero-order chi connectivity index (χ0) is 20.0. The normalized spacial score (nSPS) is 13.0. The van der Waals surface area contributed by atoms with Crippen LogP contribution in [-0.4, -0.2) is 25.2 Å². The lowest BCUT2D eigenvalue weighted by molar-refractivity contribution is 0.0748. The highest BCUT2D eigenvalue weighted by Crippen LogP contribution is 2.32. The van der Waals surface area contributed by atoms with Crippen molar-refractivity contribution in [3.63, 3.8) is 0 Å². The Kier molecular flexibility index (Phi) is 4.36. The molecular formula is C23H19BrN4O. The highest BCUT2D eigenvalue weighted by molar-refractivity contribution is 9.10. The SMILES string of the molecule is Cc1ccc(-n2nc3c(c2-n2cccc2)CN(C(=O)c2ccccc2Br)C3)cc1. The third kappa shape index (κ3) is 3.09. The van der Waals surface area contributed by atoms with E-state index in [1.165, 1.54) is 5.56 Å². The number of rotatable bonds is 3. The van der Waals surface area contributed by atoms with Gasteiger partial charge in [0.25, 0.3) is 5.91 Å². The van der Waals surface area contributed by atoms with Gasteiger partial charge in [0.2, 0.25) is 0 Å². The minimum absolute atomic E-state index is 0.0100. The molecule has 2 aromatic carbocycles. The first-order valence-corrected chi connectivity index (χ1v) is 10.3. The van der Waals surface area contributed by atoms with Crippen molar-refractivity contribution in [3.8, 4) is 11.5 Å². The van der Waals surface area contributed by atoms with Gasteiger partial charge in [-0.05, 0) is 59.3 Å². The number of amides is 1. The van der Waals surface area contributed by atoms with Crippen LogP contribution in [-0.2, 0) is 13.1 Å². The first-order valence-electron chi connectivity index (χ1n) is 9.47. The van der Waals surface area contributed by atoms with E-state index in [9.17, 15) is 4.79 Å². The Labute approximate surface area is 177 Å². The summed E-state index contributed by atoms with van der Waals surface area (Å²) in [4.78, 5) is 14.9. The largest absolute Gasteiger partial charge is 0.328 e. The molecule has 1 amide bonds. The van der Waals surface area contributed by atoms with E-state index in [1.807, 2.05) is 58.4 Å². The van der Waals surface area contributed by atoms with Crippen LogP contribution in [0.2, 0.25) is 0 Å². The Morgan fingerprint density at radius 3 is 2.41 bits per heavy atom. The average Bonchev–Trinajstić information content (AvgIpc) is 3.44. The Hall–Kier alpha value is -3.12. The van der Waals surface area contributed by atoms with Gasteiger partial charge in [-0.3, -0.25) is 4.79 Å². The van der Waals surface area contributed by atoms with Gasteiger partial charge in [0.15, 0.2) is 0 Å². The lowest BCUT2D eigenvalue weighted by atomic mass is 10.2. The molecule has 0 unspecified atom stereocenters. The van der Waals surface area contributed by atoms with E-state index in [1.54, 1.807) is 0 Å². The molecule has 0 saturated heterocycles. The van der Waals surface area contributed by atoms with Crippen LogP contribution >= 0.6 is 15.9 Å². The van der Waals surface area contributed by atoms with Crippen LogP contribution < -0.4 is 0 Å². The second-order valence-electron chi connectivity index (χ2n) is 7.23. The van der Waals surface area contributed by atoms with Gasteiger partial charge in [-0.1, -0.05) is 29.8 Å². The van der Waals surface area contributed by atoms with Crippen molar-refractivity contribution in [3.05, 3.63) is 99.9 Å². The van der Waals surface area contributed by atoms with E-state index in [0.717, 1.165) is 27.2 Å². The van der Waals surface area contributed by atoms with Crippen LogP contribution in [0.5, 0.6) is 0 Å². The second kappa shape index (κ2) is 7.04. The smallest absolute Gasteiger partial charge is 0.255 e. The number of aryl methyl sites for hydroxylation is 1. The van der Waals surface area contributed by atoms with E-state index in [4.69, 9.17) is 5.10 Å². The van der Waals surface area contributed by atoms with Crippen molar-refractivity contribution < 1.29 is 4.79 Å². The Bertz CT molecular complexity index is 1190. The highest BCUT2D eigenvalue weighted by Gasteiger charge is 2.32. The summed E-state index contributed by atoms with van der Waals surface area (Å²) in [6.07, 6.45) is 4.03. The maximum absolute atomic E-state index is 13.1. The number of aromatic nitrogens is 3. The third-order valence-electron chi connectivity index (χ3n) is 5.25. The standard InChI is InChI=1S/C23H19BrN4O/c1-16-8-10-17(11-9-16)28-22(26-12-4-5-13-26)19-14-27(15-21(19)25-28)23(29)18-6-2-3-7-20(18)24/h2-13H,14-15H2,1H3. The Morgan fingerprint density at radius 1 is 0.966 bits per heavy atom. The van der Waals surface area contributed by atoms with Gasteiger partial charge < -0.3 is 9.47 Å². The van der Waals surface area contributed by atoms with Crippen LogP contribution in [0.25, 0.3) is 11.5 Å². The van der Waals surface area contributed by atoms with Crippen LogP contribution in [0.3, 0.4) is 0 Å². The van der Waals surface area contributed by atoms with Crippen molar-refractivity contribution in [2.24, 2.45) is 0 Å². The summed E-state index contributed by atoms with van der Waals surface area (Å²) in [5.74, 6) is 0.993. The number of fused-ring (bicyclic) bond motifs is 1. The number of benzene rings is 2. The fourth-order valence-electron chi connectivity index (χ4n) is 3.76. The first kappa shape index (κ1) is 17.9. The molecule has 4 aromatic rings. The van der Waals surface area contributed by atoms with Crippen molar-refractivity contribution in [2.75, 3.05) is 0 Å². The van der Waals surface area contributed by atoms with Gasteiger partial charge in [0, 0.05) is 22.4 Å². The molecule has 0 radical (unpaired) electrons. The van der Waals surface area contributed by atoms with Gasteiger partial charge in [-0.15, -0.1) is 0 Å². The molecule has 1 aliphatic rings. The molecule has 0 N–H and O–H groups in total. The summed E-state index contributed by atoms with van der Waals surface area (Å²) in [5.41, 5.74) is 4.92. The van der Waals surface area contributed by atoms with Gasteiger partial charge in [-0.25, -0.2) is 4.68 Å². The summed E-state index contributed by atoms with van der Waals surface area (Å²) in [6.45, 7) is 3.11. The molecule has 0 atom stereocenters. The van der Waals surface area contributed by atoms with Crippen molar-refractivity contribution >= 4 is 21.8 Å². The molecule has 6 heteroatoms. The van der Waals surface area contributed by atoms with E-state index < -0.39 is 0 Å². The topological polar surface area (TPSA) is 43.1 Å². The van der Waals surface area contributed by atoms with E-state index in [-0.39, 0.29) is 5.91 Å². The maximum Gasteiger partial charge on any atom is 0.255 e. The van der Waals surface area contributed by atoms with Gasteiger partial charge in [0.1, 0.15) is 5.82 Å². The molecule has 0 saturated carbocycles. The average molecular weight is 447 g/mol. The minimum Gasteiger partial charge on any atom is -0.328 e. The molecule has 0 fully saturated rings. The molecule has 0 spiro atoms. The molecule has 29 heavy (non-hydrogen) atoms. The monoisotopic (exact) mass is 446 g/mol. The predicted molar refractivity (Wildman–Crippen MR) is 115 cm³/mol. The predicted octanol–water partition coefficient (Wildman–Crippen LogP) is 4.89. The van der Waals surface area contributed by atoms with Crippen LogP contribution in [0.15, 0.2) is 77.5 Å². The van der Waals surface area contributed by atoms with Crippen LogP contribution in [0.4, 0.5) is 0 Å². The summed E-state index contributed by atoms with van der Waals surface area (Å²) in [5, 5.41) is 4.89. The van der Waals surface area contributed by atoms with Crippen molar-refractivity contribution in [1.82, 2.24) is 19.2 Å². The Balaban J connectivity index is 1.55. The first-order chi connectivity index (χ1) is 14.1. The van der Waals surface area contributed by atoms with Crippen LogP contribution in [0.1, 0.15) is 27.2 Å². The lowest BCUT2D eigenvalue weighted by Crippen LogP contribution is -2.26. The Morgan fingerprint density at radius 2 is 1.69 bits per heavy atom. The number of carbonyl (C=O) groups excluding carboxylic acids is 1. The molecule has 5 nitrogen and oxygen atoms in total. The molecule has 0 bridgehead atoms. The van der Waals surface area contributed by atoms with Gasteiger partial charge >= 0.3 is 0 Å². The zero-order valence-electron chi connectivity index (χ0n) is 15.9. The van der Waals surface area contributed by atoms with E-state index in [0.29, 0.717) is 18.7 Å². The second-order valence-corrected chi connectivity index (χ2v) is 8.08.